The number of carbonyl (C=O) groups excluding carboxylic acids is 1. The van der Waals surface area contributed by atoms with E-state index >= 15 is 0 Å². The number of hydrogen-bond donors (Lipinski definition) is 1. The maximum atomic E-state index is 12.6. The second-order valence-electron chi connectivity index (χ2n) is 6.47. The van der Waals surface area contributed by atoms with Crippen molar-refractivity contribution in [3.8, 4) is 11.5 Å². The number of anilines is 1. The fourth-order valence-corrected chi connectivity index (χ4v) is 4.12. The SMILES string of the molecule is CCn1c(SCCC(=O)Nc2ccc3c(c2)OCCO3)nc2ccccc2c1=O. The Hall–Kier alpha value is -3.00. The van der Waals surface area contributed by atoms with Crippen molar-refractivity contribution >= 4 is 34.3 Å². The van der Waals surface area contributed by atoms with Crippen LogP contribution in [0.2, 0.25) is 0 Å². The van der Waals surface area contributed by atoms with Crippen molar-refractivity contribution < 1.29 is 14.3 Å². The Kier molecular flexibility index (Phi) is 5.71. The summed E-state index contributed by atoms with van der Waals surface area (Å²) in [5, 5.41) is 4.11. The molecule has 150 valence electrons. The quantitative estimate of drug-likeness (QED) is 0.495. The predicted octanol–water partition coefficient (Wildman–Crippen LogP) is 3.31. The van der Waals surface area contributed by atoms with Gasteiger partial charge in [0.15, 0.2) is 16.7 Å². The molecule has 8 heteroatoms. The summed E-state index contributed by atoms with van der Waals surface area (Å²) in [7, 11) is 0. The summed E-state index contributed by atoms with van der Waals surface area (Å²) in [5.41, 5.74) is 1.28. The van der Waals surface area contributed by atoms with Crippen molar-refractivity contribution in [2.24, 2.45) is 0 Å². The summed E-state index contributed by atoms with van der Waals surface area (Å²) in [6.45, 7) is 3.47. The molecule has 0 unspecified atom stereocenters. The molecule has 1 aliphatic heterocycles. The zero-order chi connectivity index (χ0) is 20.2. The van der Waals surface area contributed by atoms with Crippen LogP contribution in [0.1, 0.15) is 13.3 Å². The Bertz CT molecular complexity index is 1110. The highest BCUT2D eigenvalue weighted by Gasteiger charge is 2.14. The third-order valence-corrected chi connectivity index (χ3v) is 5.51. The van der Waals surface area contributed by atoms with Gasteiger partial charge in [-0.15, -0.1) is 0 Å². The minimum atomic E-state index is -0.111. The average molecular weight is 411 g/mol. The maximum Gasteiger partial charge on any atom is 0.262 e. The van der Waals surface area contributed by atoms with Gasteiger partial charge in [0.05, 0.1) is 10.9 Å². The van der Waals surface area contributed by atoms with Crippen LogP contribution in [0.4, 0.5) is 5.69 Å². The summed E-state index contributed by atoms with van der Waals surface area (Å²) in [5.74, 6) is 1.72. The number of aromatic nitrogens is 2. The number of carbonyl (C=O) groups is 1. The van der Waals surface area contributed by atoms with Gasteiger partial charge in [-0.05, 0) is 31.2 Å². The highest BCUT2D eigenvalue weighted by atomic mass is 32.2. The molecule has 0 radical (unpaired) electrons. The fraction of sp³-hybridized carbons (Fsp3) is 0.286. The number of thioether (sulfide) groups is 1. The molecule has 0 atom stereocenters. The van der Waals surface area contributed by atoms with Crippen LogP contribution in [0.25, 0.3) is 10.9 Å². The zero-order valence-electron chi connectivity index (χ0n) is 16.0. The highest BCUT2D eigenvalue weighted by Crippen LogP contribution is 2.32. The van der Waals surface area contributed by atoms with E-state index in [0.29, 0.717) is 65.2 Å². The number of nitrogens with zero attached hydrogens (tertiary/aromatic N) is 2. The zero-order valence-corrected chi connectivity index (χ0v) is 16.8. The Morgan fingerprint density at radius 3 is 2.79 bits per heavy atom. The number of para-hydroxylation sites is 1. The molecule has 0 fully saturated rings. The van der Waals surface area contributed by atoms with Crippen molar-refractivity contribution in [1.82, 2.24) is 9.55 Å². The lowest BCUT2D eigenvalue weighted by atomic mass is 10.2. The molecule has 4 rings (SSSR count). The molecule has 2 heterocycles. The van der Waals surface area contributed by atoms with Gasteiger partial charge < -0.3 is 14.8 Å². The first-order valence-electron chi connectivity index (χ1n) is 9.47. The number of hydrogen-bond acceptors (Lipinski definition) is 6. The van der Waals surface area contributed by atoms with E-state index in [1.807, 2.05) is 25.1 Å². The molecule has 1 aliphatic rings. The van der Waals surface area contributed by atoms with E-state index in [4.69, 9.17) is 9.47 Å². The smallest absolute Gasteiger partial charge is 0.262 e. The largest absolute Gasteiger partial charge is 0.486 e. The van der Waals surface area contributed by atoms with E-state index in [1.54, 1.807) is 28.8 Å². The van der Waals surface area contributed by atoms with Crippen LogP contribution in [0.5, 0.6) is 11.5 Å². The van der Waals surface area contributed by atoms with Crippen molar-refractivity contribution in [1.29, 1.82) is 0 Å². The van der Waals surface area contributed by atoms with Gasteiger partial charge in [-0.2, -0.15) is 0 Å². The molecule has 1 aromatic heterocycles. The molecule has 1 amide bonds. The summed E-state index contributed by atoms with van der Waals surface area (Å²) in [6.07, 6.45) is 0.297. The number of rotatable bonds is 6. The molecule has 3 aromatic rings. The molecule has 0 bridgehead atoms. The van der Waals surface area contributed by atoms with E-state index in [-0.39, 0.29) is 11.5 Å². The number of ether oxygens (including phenoxy) is 2. The van der Waals surface area contributed by atoms with Gasteiger partial charge in [-0.25, -0.2) is 4.98 Å². The van der Waals surface area contributed by atoms with E-state index in [0.717, 1.165) is 0 Å². The van der Waals surface area contributed by atoms with Crippen LogP contribution in [0.15, 0.2) is 52.4 Å². The minimum Gasteiger partial charge on any atom is -0.486 e. The van der Waals surface area contributed by atoms with Crippen LogP contribution < -0.4 is 20.3 Å². The first-order valence-corrected chi connectivity index (χ1v) is 10.5. The van der Waals surface area contributed by atoms with Crippen molar-refractivity contribution in [3.63, 3.8) is 0 Å². The first kappa shape index (κ1) is 19.3. The van der Waals surface area contributed by atoms with E-state index in [9.17, 15) is 9.59 Å². The molecule has 29 heavy (non-hydrogen) atoms. The number of benzene rings is 2. The topological polar surface area (TPSA) is 82.5 Å². The van der Waals surface area contributed by atoms with Crippen LogP contribution in [0.3, 0.4) is 0 Å². The maximum absolute atomic E-state index is 12.6. The molecule has 2 aromatic carbocycles. The highest BCUT2D eigenvalue weighted by molar-refractivity contribution is 7.99. The monoisotopic (exact) mass is 411 g/mol. The average Bonchev–Trinajstić information content (AvgIpc) is 2.74. The lowest BCUT2D eigenvalue weighted by molar-refractivity contribution is -0.115. The second kappa shape index (κ2) is 8.57. The molecule has 0 saturated heterocycles. The van der Waals surface area contributed by atoms with Crippen LogP contribution in [-0.2, 0) is 11.3 Å². The van der Waals surface area contributed by atoms with Crippen molar-refractivity contribution in [2.75, 3.05) is 24.3 Å². The molecule has 0 spiro atoms. The summed E-state index contributed by atoms with van der Waals surface area (Å²) in [6, 6.07) is 12.7. The van der Waals surface area contributed by atoms with Gasteiger partial charge in [0, 0.05) is 30.5 Å². The number of amides is 1. The van der Waals surface area contributed by atoms with Gasteiger partial charge in [0.2, 0.25) is 5.91 Å². The summed E-state index contributed by atoms with van der Waals surface area (Å²) >= 11 is 1.41. The second-order valence-corrected chi connectivity index (χ2v) is 7.53. The lowest BCUT2D eigenvalue weighted by Crippen LogP contribution is -2.22. The van der Waals surface area contributed by atoms with Crippen LogP contribution in [-0.4, -0.2) is 34.4 Å². The van der Waals surface area contributed by atoms with Gasteiger partial charge >= 0.3 is 0 Å². The molecular formula is C21H21N3O4S. The normalized spacial score (nSPS) is 12.7. The number of nitrogens with one attached hydrogen (secondary N) is 1. The summed E-state index contributed by atoms with van der Waals surface area (Å²) in [4.78, 5) is 29.6. The molecule has 7 nitrogen and oxygen atoms in total. The molecule has 0 saturated carbocycles. The van der Waals surface area contributed by atoms with Gasteiger partial charge in [-0.3, -0.25) is 14.2 Å². The van der Waals surface area contributed by atoms with Gasteiger partial charge in [0.1, 0.15) is 13.2 Å². The Morgan fingerprint density at radius 2 is 1.97 bits per heavy atom. The Labute approximate surface area is 172 Å². The predicted molar refractivity (Wildman–Crippen MR) is 113 cm³/mol. The minimum absolute atomic E-state index is 0.0543. The van der Waals surface area contributed by atoms with Crippen LogP contribution >= 0.6 is 11.8 Å². The van der Waals surface area contributed by atoms with E-state index in [2.05, 4.69) is 10.3 Å². The summed E-state index contributed by atoms with van der Waals surface area (Å²) < 4.78 is 12.7. The van der Waals surface area contributed by atoms with E-state index in [1.165, 1.54) is 11.8 Å². The third kappa shape index (κ3) is 4.22. The van der Waals surface area contributed by atoms with Gasteiger partial charge in [0.25, 0.3) is 5.56 Å². The Balaban J connectivity index is 1.40. The first-order chi connectivity index (χ1) is 14.2. The van der Waals surface area contributed by atoms with E-state index < -0.39 is 0 Å². The van der Waals surface area contributed by atoms with Gasteiger partial charge in [-0.1, -0.05) is 23.9 Å². The van der Waals surface area contributed by atoms with Crippen LogP contribution in [0, 0.1) is 0 Å². The van der Waals surface area contributed by atoms with Crippen molar-refractivity contribution in [2.45, 2.75) is 25.0 Å². The fourth-order valence-electron chi connectivity index (χ4n) is 3.12. The van der Waals surface area contributed by atoms with Crippen molar-refractivity contribution in [3.05, 3.63) is 52.8 Å². The number of fused-ring (bicyclic) bond motifs is 2. The molecule has 0 aliphatic carbocycles. The Morgan fingerprint density at radius 1 is 1.17 bits per heavy atom. The standard InChI is InChI=1S/C21H21N3O4S/c1-2-24-20(26)15-5-3-4-6-16(15)23-21(24)29-12-9-19(25)22-14-7-8-17-18(13-14)28-11-10-27-17/h3-8,13H,2,9-12H2,1H3,(H,22,25). The lowest BCUT2D eigenvalue weighted by Gasteiger charge is -2.19. The third-order valence-electron chi connectivity index (χ3n) is 4.53. The molecule has 1 N–H and O–H groups in total. The molecular weight excluding hydrogens is 390 g/mol.